The van der Waals surface area contributed by atoms with Crippen LogP contribution in [-0.4, -0.2) is 25.4 Å². The molecule has 2 aliphatic rings. The molecule has 4 rings (SSSR count). The first-order chi connectivity index (χ1) is 11.2. The Morgan fingerprint density at radius 3 is 2.91 bits per heavy atom. The number of nitrogens with one attached hydrogen (secondary N) is 1. The predicted molar refractivity (Wildman–Crippen MR) is 89.4 cm³/mol. The maximum atomic E-state index is 10.7. The van der Waals surface area contributed by atoms with Crippen molar-refractivity contribution < 1.29 is 14.6 Å². The van der Waals surface area contributed by atoms with E-state index in [1.807, 2.05) is 13.0 Å². The molecule has 4 heteroatoms. The van der Waals surface area contributed by atoms with Gasteiger partial charge in [0.2, 0.25) is 0 Å². The second kappa shape index (κ2) is 5.46. The van der Waals surface area contributed by atoms with Crippen LogP contribution in [0.3, 0.4) is 0 Å². The third kappa shape index (κ3) is 2.17. The molecule has 0 aromatic heterocycles. The molecule has 1 aliphatic carbocycles. The van der Waals surface area contributed by atoms with Gasteiger partial charge >= 0.3 is 0 Å². The summed E-state index contributed by atoms with van der Waals surface area (Å²) < 4.78 is 11.1. The van der Waals surface area contributed by atoms with Crippen LogP contribution in [0.2, 0.25) is 0 Å². The Morgan fingerprint density at radius 2 is 2.13 bits per heavy atom. The van der Waals surface area contributed by atoms with Gasteiger partial charge in [-0.2, -0.15) is 0 Å². The van der Waals surface area contributed by atoms with Gasteiger partial charge in [0, 0.05) is 11.6 Å². The molecule has 120 valence electrons. The molecule has 0 amide bonds. The van der Waals surface area contributed by atoms with Crippen molar-refractivity contribution in [2.75, 3.05) is 20.3 Å². The van der Waals surface area contributed by atoms with E-state index < -0.39 is 0 Å². The number of aromatic hydroxyl groups is 1. The van der Waals surface area contributed by atoms with Gasteiger partial charge in [0.25, 0.3) is 0 Å². The van der Waals surface area contributed by atoms with Crippen LogP contribution < -0.4 is 14.8 Å². The largest absolute Gasteiger partial charge is 0.504 e. The van der Waals surface area contributed by atoms with Gasteiger partial charge in [0.05, 0.1) is 13.7 Å². The highest BCUT2D eigenvalue weighted by molar-refractivity contribution is 5.83. The first kappa shape index (κ1) is 14.4. The minimum absolute atomic E-state index is 0.227. The monoisotopic (exact) mass is 311 g/mol. The summed E-state index contributed by atoms with van der Waals surface area (Å²) in [6.07, 6.45) is 1.88. The molecule has 1 heterocycles. The van der Waals surface area contributed by atoms with E-state index in [1.165, 1.54) is 11.1 Å². The normalized spacial score (nSPS) is 18.1. The second-order valence-corrected chi connectivity index (χ2v) is 6.09. The minimum Gasteiger partial charge on any atom is -0.504 e. The Morgan fingerprint density at radius 1 is 1.26 bits per heavy atom. The molecule has 0 bridgehead atoms. The van der Waals surface area contributed by atoms with Crippen molar-refractivity contribution in [3.8, 4) is 28.4 Å². The molecule has 2 N–H and O–H groups in total. The molecule has 1 aliphatic heterocycles. The number of hydrogen-bond acceptors (Lipinski definition) is 4. The Bertz CT molecular complexity index is 770. The molecular formula is C19H21NO3. The summed E-state index contributed by atoms with van der Waals surface area (Å²) in [6.45, 7) is 3.60. The van der Waals surface area contributed by atoms with Gasteiger partial charge in [-0.1, -0.05) is 6.07 Å². The number of rotatable bonds is 3. The van der Waals surface area contributed by atoms with Crippen LogP contribution in [0.25, 0.3) is 11.1 Å². The Hall–Kier alpha value is -2.20. The van der Waals surface area contributed by atoms with Gasteiger partial charge in [0.15, 0.2) is 11.5 Å². The summed E-state index contributed by atoms with van der Waals surface area (Å²) >= 11 is 0. The van der Waals surface area contributed by atoms with E-state index >= 15 is 0 Å². The average molecular weight is 311 g/mol. The Labute approximate surface area is 136 Å². The van der Waals surface area contributed by atoms with E-state index in [0.29, 0.717) is 18.4 Å². The number of phenols is 1. The predicted octanol–water partition coefficient (Wildman–Crippen LogP) is 3.21. The van der Waals surface area contributed by atoms with Crippen molar-refractivity contribution >= 4 is 0 Å². The van der Waals surface area contributed by atoms with Crippen molar-refractivity contribution in [1.29, 1.82) is 0 Å². The van der Waals surface area contributed by atoms with Crippen molar-refractivity contribution in [2.45, 2.75) is 25.8 Å². The third-order valence-corrected chi connectivity index (χ3v) is 4.82. The molecule has 1 atom stereocenters. The summed E-state index contributed by atoms with van der Waals surface area (Å²) in [5.41, 5.74) is 5.73. The number of phenolic OH excluding ortho intramolecular Hbond substituents is 1. The zero-order valence-corrected chi connectivity index (χ0v) is 13.5. The highest BCUT2D eigenvalue weighted by Crippen LogP contribution is 2.49. The first-order valence-electron chi connectivity index (χ1n) is 8.15. The smallest absolute Gasteiger partial charge is 0.165 e. The van der Waals surface area contributed by atoms with Crippen molar-refractivity contribution in [3.05, 3.63) is 41.0 Å². The number of benzene rings is 2. The van der Waals surface area contributed by atoms with E-state index in [4.69, 9.17) is 9.47 Å². The topological polar surface area (TPSA) is 50.7 Å². The highest BCUT2D eigenvalue weighted by atomic mass is 16.5. The zero-order chi connectivity index (χ0) is 16.0. The molecule has 0 saturated carbocycles. The molecule has 0 radical (unpaired) electrons. The van der Waals surface area contributed by atoms with Crippen LogP contribution in [0.5, 0.6) is 17.2 Å². The van der Waals surface area contributed by atoms with Gasteiger partial charge in [-0.25, -0.2) is 0 Å². The van der Waals surface area contributed by atoms with Gasteiger partial charge in [-0.05, 0) is 66.8 Å². The lowest BCUT2D eigenvalue weighted by Crippen LogP contribution is -2.33. The summed E-state index contributed by atoms with van der Waals surface area (Å²) in [6, 6.07) is 8.41. The summed E-state index contributed by atoms with van der Waals surface area (Å²) in [5.74, 6) is 1.61. The van der Waals surface area contributed by atoms with Gasteiger partial charge in [0.1, 0.15) is 5.75 Å². The van der Waals surface area contributed by atoms with Crippen molar-refractivity contribution in [2.24, 2.45) is 0 Å². The van der Waals surface area contributed by atoms with Crippen LogP contribution in [0.15, 0.2) is 24.3 Å². The highest BCUT2D eigenvalue weighted by Gasteiger charge is 2.32. The summed E-state index contributed by atoms with van der Waals surface area (Å²) in [4.78, 5) is 0. The molecule has 0 saturated heterocycles. The minimum atomic E-state index is 0.227. The maximum absolute atomic E-state index is 10.7. The zero-order valence-electron chi connectivity index (χ0n) is 13.5. The van der Waals surface area contributed by atoms with Crippen LogP contribution in [0.1, 0.15) is 29.7 Å². The maximum Gasteiger partial charge on any atom is 0.165 e. The molecule has 0 fully saturated rings. The lowest BCUT2D eigenvalue weighted by Gasteiger charge is -2.35. The van der Waals surface area contributed by atoms with Crippen LogP contribution in [0.4, 0.5) is 0 Å². The third-order valence-electron chi connectivity index (χ3n) is 4.82. The molecule has 2 aromatic rings. The van der Waals surface area contributed by atoms with Gasteiger partial charge in [-0.3, -0.25) is 0 Å². The van der Waals surface area contributed by atoms with E-state index in [9.17, 15) is 5.11 Å². The molecule has 23 heavy (non-hydrogen) atoms. The van der Waals surface area contributed by atoms with Crippen LogP contribution >= 0.6 is 0 Å². The van der Waals surface area contributed by atoms with E-state index in [0.717, 1.165) is 41.8 Å². The van der Waals surface area contributed by atoms with Gasteiger partial charge < -0.3 is 19.9 Å². The van der Waals surface area contributed by atoms with Gasteiger partial charge in [-0.15, -0.1) is 0 Å². The first-order valence-corrected chi connectivity index (χ1v) is 8.15. The number of fused-ring (bicyclic) bond motifs is 2. The fraction of sp³-hybridized carbons (Fsp3) is 0.368. The molecule has 4 nitrogen and oxygen atoms in total. The lowest BCUT2D eigenvalue weighted by atomic mass is 9.77. The quantitative estimate of drug-likeness (QED) is 0.914. The molecule has 2 aromatic carbocycles. The Kier molecular flexibility index (Phi) is 3.42. The number of hydrogen-bond donors (Lipinski definition) is 2. The Balaban J connectivity index is 1.99. The second-order valence-electron chi connectivity index (χ2n) is 6.09. The fourth-order valence-electron chi connectivity index (χ4n) is 3.89. The summed E-state index contributed by atoms with van der Waals surface area (Å²) in [7, 11) is 1.58. The van der Waals surface area contributed by atoms with E-state index in [-0.39, 0.29) is 5.75 Å². The SMILES string of the molecule is CCOc1cc2c3c(c1)-c1c(ccc(OC)c1O)C[C@H]3NCC2. The summed E-state index contributed by atoms with van der Waals surface area (Å²) in [5, 5.41) is 14.3. The van der Waals surface area contributed by atoms with Crippen LogP contribution in [0, 0.1) is 0 Å². The molecule has 0 spiro atoms. The number of ether oxygens (including phenoxy) is 2. The van der Waals surface area contributed by atoms with E-state index in [1.54, 1.807) is 7.11 Å². The van der Waals surface area contributed by atoms with Crippen molar-refractivity contribution in [3.63, 3.8) is 0 Å². The molecule has 0 unspecified atom stereocenters. The molecular weight excluding hydrogens is 290 g/mol. The van der Waals surface area contributed by atoms with Crippen molar-refractivity contribution in [1.82, 2.24) is 5.32 Å². The lowest BCUT2D eigenvalue weighted by molar-refractivity contribution is 0.339. The fourth-order valence-corrected chi connectivity index (χ4v) is 3.89. The number of methoxy groups -OCH3 is 1. The average Bonchev–Trinajstić information content (AvgIpc) is 2.55. The standard InChI is InChI=1S/C19H21NO3/c1-3-23-13-8-12-6-7-20-15-9-11-4-5-16(22-2)19(21)18(11)14(10-13)17(12)15/h4-5,8,10,15,20-21H,3,6-7,9H2,1-2H3/t15-/m1/s1. The van der Waals surface area contributed by atoms with E-state index in [2.05, 4.69) is 23.5 Å². The van der Waals surface area contributed by atoms with Crippen LogP contribution in [-0.2, 0) is 12.8 Å².